The van der Waals surface area contributed by atoms with E-state index in [1.807, 2.05) is 6.92 Å². The standard InChI is InChI=1S/C15H25N3O2.ClH/c1-4-19-11-9-15(16,14(11,2)3)13-17-12(18-20-13)10-7-5-6-8-10;/h10-11H,4-9,16H2,1-3H3;1H. The summed E-state index contributed by atoms with van der Waals surface area (Å²) in [5.74, 6) is 1.89. The van der Waals surface area contributed by atoms with E-state index < -0.39 is 5.54 Å². The van der Waals surface area contributed by atoms with Crippen LogP contribution < -0.4 is 5.73 Å². The Morgan fingerprint density at radius 1 is 1.33 bits per heavy atom. The van der Waals surface area contributed by atoms with E-state index in [4.69, 9.17) is 15.0 Å². The van der Waals surface area contributed by atoms with Gasteiger partial charge in [0.15, 0.2) is 5.82 Å². The molecule has 120 valence electrons. The summed E-state index contributed by atoms with van der Waals surface area (Å²) in [6, 6.07) is 0. The van der Waals surface area contributed by atoms with Crippen LogP contribution in [0, 0.1) is 5.41 Å². The maximum absolute atomic E-state index is 6.56. The average molecular weight is 316 g/mol. The molecule has 0 spiro atoms. The van der Waals surface area contributed by atoms with Gasteiger partial charge in [-0.3, -0.25) is 0 Å². The smallest absolute Gasteiger partial charge is 0.247 e. The summed E-state index contributed by atoms with van der Waals surface area (Å²) >= 11 is 0. The number of hydrogen-bond acceptors (Lipinski definition) is 5. The molecule has 0 bridgehead atoms. The van der Waals surface area contributed by atoms with E-state index in [9.17, 15) is 0 Å². The summed E-state index contributed by atoms with van der Waals surface area (Å²) in [5, 5.41) is 4.18. The van der Waals surface area contributed by atoms with Gasteiger partial charge in [0.25, 0.3) is 0 Å². The van der Waals surface area contributed by atoms with Gasteiger partial charge in [0, 0.05) is 24.4 Å². The summed E-state index contributed by atoms with van der Waals surface area (Å²) in [6.45, 7) is 6.96. The first-order valence-corrected chi connectivity index (χ1v) is 7.73. The highest BCUT2D eigenvalue weighted by atomic mass is 35.5. The van der Waals surface area contributed by atoms with E-state index in [1.165, 1.54) is 25.7 Å². The number of hydrogen-bond donors (Lipinski definition) is 1. The molecule has 3 rings (SSSR count). The molecule has 1 aromatic rings. The van der Waals surface area contributed by atoms with Crippen LogP contribution in [0.2, 0.25) is 0 Å². The van der Waals surface area contributed by atoms with E-state index in [-0.39, 0.29) is 23.9 Å². The van der Waals surface area contributed by atoms with Gasteiger partial charge in [0.2, 0.25) is 5.89 Å². The molecule has 2 atom stereocenters. The molecule has 2 aliphatic carbocycles. The minimum atomic E-state index is -0.559. The molecular formula is C15H26ClN3O2. The SMILES string of the molecule is CCOC1CC(N)(c2nc(C3CCCC3)no2)C1(C)C.Cl. The zero-order valence-corrected chi connectivity index (χ0v) is 13.9. The van der Waals surface area contributed by atoms with Gasteiger partial charge in [-0.2, -0.15) is 4.98 Å². The van der Waals surface area contributed by atoms with Crippen LogP contribution in [0.5, 0.6) is 0 Å². The average Bonchev–Trinajstić information content (AvgIpc) is 3.09. The maximum Gasteiger partial charge on any atom is 0.247 e. The normalized spacial score (nSPS) is 31.7. The highest BCUT2D eigenvalue weighted by molar-refractivity contribution is 5.85. The van der Waals surface area contributed by atoms with Crippen LogP contribution in [0.1, 0.15) is 70.5 Å². The summed E-state index contributed by atoms with van der Waals surface area (Å²) < 4.78 is 11.3. The summed E-state index contributed by atoms with van der Waals surface area (Å²) in [5.41, 5.74) is 5.82. The maximum atomic E-state index is 6.56. The fourth-order valence-corrected chi connectivity index (χ4v) is 3.56. The van der Waals surface area contributed by atoms with Crippen molar-refractivity contribution in [1.82, 2.24) is 10.1 Å². The Kier molecular flexibility index (Phi) is 4.66. The summed E-state index contributed by atoms with van der Waals surface area (Å²) in [4.78, 5) is 4.62. The van der Waals surface area contributed by atoms with Gasteiger partial charge in [0.1, 0.15) is 5.54 Å². The number of aromatic nitrogens is 2. The molecule has 21 heavy (non-hydrogen) atoms. The first-order valence-electron chi connectivity index (χ1n) is 7.73. The van der Waals surface area contributed by atoms with Crippen molar-refractivity contribution < 1.29 is 9.26 Å². The molecule has 2 fully saturated rings. The molecule has 6 heteroatoms. The van der Waals surface area contributed by atoms with Crippen molar-refractivity contribution >= 4 is 12.4 Å². The van der Waals surface area contributed by atoms with Crippen LogP contribution >= 0.6 is 12.4 Å². The molecule has 1 aromatic heterocycles. The van der Waals surface area contributed by atoms with Crippen LogP contribution in [-0.4, -0.2) is 22.9 Å². The van der Waals surface area contributed by atoms with Crippen LogP contribution in [0.3, 0.4) is 0 Å². The van der Waals surface area contributed by atoms with Gasteiger partial charge < -0.3 is 15.0 Å². The Bertz CT molecular complexity index is 485. The molecule has 5 nitrogen and oxygen atoms in total. The second kappa shape index (κ2) is 5.86. The second-order valence-electron chi connectivity index (χ2n) is 6.78. The lowest BCUT2D eigenvalue weighted by molar-refractivity contribution is -0.162. The van der Waals surface area contributed by atoms with Gasteiger partial charge in [-0.05, 0) is 19.8 Å². The lowest BCUT2D eigenvalue weighted by atomic mass is 9.54. The van der Waals surface area contributed by atoms with Crippen LogP contribution in [-0.2, 0) is 10.3 Å². The number of halogens is 1. The lowest BCUT2D eigenvalue weighted by Crippen LogP contribution is -2.67. The summed E-state index contributed by atoms with van der Waals surface area (Å²) in [6.07, 6.45) is 5.78. The van der Waals surface area contributed by atoms with Crippen LogP contribution in [0.25, 0.3) is 0 Å². The first kappa shape index (κ1) is 16.7. The fourth-order valence-electron chi connectivity index (χ4n) is 3.56. The molecule has 0 aliphatic heterocycles. The van der Waals surface area contributed by atoms with Crippen LogP contribution in [0.15, 0.2) is 4.52 Å². The van der Waals surface area contributed by atoms with Crippen molar-refractivity contribution in [2.75, 3.05) is 6.61 Å². The zero-order valence-electron chi connectivity index (χ0n) is 13.1. The van der Waals surface area contributed by atoms with Gasteiger partial charge >= 0.3 is 0 Å². The number of ether oxygens (including phenoxy) is 1. The zero-order chi connectivity index (χ0) is 14.4. The van der Waals surface area contributed by atoms with Crippen molar-refractivity contribution in [3.8, 4) is 0 Å². The van der Waals surface area contributed by atoms with Gasteiger partial charge in [-0.25, -0.2) is 0 Å². The topological polar surface area (TPSA) is 74.2 Å². The van der Waals surface area contributed by atoms with E-state index >= 15 is 0 Å². The molecule has 2 saturated carbocycles. The third-order valence-corrected chi connectivity index (χ3v) is 5.37. The Morgan fingerprint density at radius 2 is 2.00 bits per heavy atom. The molecule has 0 saturated heterocycles. The van der Waals surface area contributed by atoms with Crippen molar-refractivity contribution in [3.63, 3.8) is 0 Å². The predicted molar refractivity (Wildman–Crippen MR) is 82.4 cm³/mol. The molecule has 0 aromatic carbocycles. The Hall–Kier alpha value is -0.650. The molecular weight excluding hydrogens is 290 g/mol. The van der Waals surface area contributed by atoms with Crippen molar-refractivity contribution in [2.24, 2.45) is 11.1 Å². The largest absolute Gasteiger partial charge is 0.378 e. The number of nitrogens with zero attached hydrogens (tertiary/aromatic N) is 2. The van der Waals surface area contributed by atoms with E-state index in [0.29, 0.717) is 18.4 Å². The van der Waals surface area contributed by atoms with E-state index in [0.717, 1.165) is 12.2 Å². The Labute approximate surface area is 132 Å². The Balaban J connectivity index is 0.00000161. The number of nitrogens with two attached hydrogens (primary N) is 1. The highest BCUT2D eigenvalue weighted by Crippen LogP contribution is 2.55. The second-order valence-corrected chi connectivity index (χ2v) is 6.78. The quantitative estimate of drug-likeness (QED) is 0.924. The van der Waals surface area contributed by atoms with Crippen molar-refractivity contribution in [3.05, 3.63) is 11.7 Å². The van der Waals surface area contributed by atoms with Gasteiger partial charge in [-0.1, -0.05) is 31.8 Å². The van der Waals surface area contributed by atoms with Gasteiger partial charge in [-0.15, -0.1) is 12.4 Å². The minimum absolute atomic E-state index is 0. The summed E-state index contributed by atoms with van der Waals surface area (Å²) in [7, 11) is 0. The highest BCUT2D eigenvalue weighted by Gasteiger charge is 2.62. The third kappa shape index (κ3) is 2.49. The van der Waals surface area contributed by atoms with Gasteiger partial charge in [0.05, 0.1) is 6.10 Å². The third-order valence-electron chi connectivity index (χ3n) is 5.37. The first-order chi connectivity index (χ1) is 9.49. The molecule has 0 amide bonds. The molecule has 1 heterocycles. The molecule has 2 unspecified atom stereocenters. The molecule has 2 aliphatic rings. The minimum Gasteiger partial charge on any atom is -0.378 e. The molecule has 0 radical (unpaired) electrons. The predicted octanol–water partition coefficient (Wildman–Crippen LogP) is 3.14. The van der Waals surface area contributed by atoms with Crippen molar-refractivity contribution in [2.45, 2.75) is 70.4 Å². The lowest BCUT2D eigenvalue weighted by Gasteiger charge is -2.56. The monoisotopic (exact) mass is 315 g/mol. The van der Waals surface area contributed by atoms with Crippen molar-refractivity contribution in [1.29, 1.82) is 0 Å². The van der Waals surface area contributed by atoms with Crippen LogP contribution in [0.4, 0.5) is 0 Å². The number of rotatable bonds is 4. The molecule has 2 N–H and O–H groups in total. The fraction of sp³-hybridized carbons (Fsp3) is 0.867. The van der Waals surface area contributed by atoms with E-state index in [1.54, 1.807) is 0 Å². The van der Waals surface area contributed by atoms with E-state index in [2.05, 4.69) is 24.0 Å². The Morgan fingerprint density at radius 3 is 2.57 bits per heavy atom.